The lowest BCUT2D eigenvalue weighted by Crippen LogP contribution is -2.23. The van der Waals surface area contributed by atoms with Crippen LogP contribution in [0.2, 0.25) is 0 Å². The molecule has 0 spiro atoms. The van der Waals surface area contributed by atoms with Crippen molar-refractivity contribution in [3.8, 4) is 11.3 Å². The maximum absolute atomic E-state index is 12.4. The monoisotopic (exact) mass is 355 g/mol. The van der Waals surface area contributed by atoms with Crippen LogP contribution in [0.1, 0.15) is 24.3 Å². The van der Waals surface area contributed by atoms with E-state index in [-0.39, 0.29) is 5.56 Å². The molecule has 2 aromatic heterocycles. The average molecular weight is 355 g/mol. The predicted molar refractivity (Wildman–Crippen MR) is 99.5 cm³/mol. The molecule has 1 aromatic carbocycles. The molecule has 4 rings (SSSR count). The third kappa shape index (κ3) is 2.55. The lowest BCUT2D eigenvalue weighted by atomic mass is 10.0. The van der Waals surface area contributed by atoms with Crippen molar-refractivity contribution in [3.63, 3.8) is 0 Å². The van der Waals surface area contributed by atoms with E-state index < -0.39 is 19.9 Å². The van der Waals surface area contributed by atoms with Crippen LogP contribution in [0.15, 0.2) is 36.7 Å². The highest BCUT2D eigenvalue weighted by Crippen LogP contribution is 2.42. The number of aromatic nitrogens is 4. The minimum Gasteiger partial charge on any atom is -0.366 e. The molecule has 26 heavy (non-hydrogen) atoms. The molecule has 3 aromatic rings. The summed E-state index contributed by atoms with van der Waals surface area (Å²) in [6.07, 6.45) is 2.76. The number of nitrogens with zero attached hydrogens (tertiary/aromatic N) is 5. The van der Waals surface area contributed by atoms with Gasteiger partial charge < -0.3 is 15.5 Å². The van der Waals surface area contributed by atoms with Gasteiger partial charge in [-0.25, -0.2) is 0 Å². The summed E-state index contributed by atoms with van der Waals surface area (Å²) in [5, 5.41) is 13.4. The van der Waals surface area contributed by atoms with Crippen LogP contribution in [0.5, 0.6) is 0 Å². The first-order valence-corrected chi connectivity index (χ1v) is 7.79. The summed E-state index contributed by atoms with van der Waals surface area (Å²) in [5.41, 5.74) is 3.46. The summed E-state index contributed by atoms with van der Waals surface area (Å²) in [6.45, 7) is -4.80. The van der Waals surface area contributed by atoms with E-state index in [0.29, 0.717) is 34.9 Å². The van der Waals surface area contributed by atoms with Crippen molar-refractivity contribution in [2.45, 2.75) is 6.54 Å². The quantitative estimate of drug-likeness (QED) is 0.746. The number of carbonyl (C=O) groups excluding carboxylic acids is 1. The van der Waals surface area contributed by atoms with E-state index in [1.54, 1.807) is 18.2 Å². The van der Waals surface area contributed by atoms with E-state index >= 15 is 0 Å². The molecule has 1 amide bonds. The summed E-state index contributed by atoms with van der Waals surface area (Å²) < 4.78 is 44.5. The zero-order valence-corrected chi connectivity index (χ0v) is 13.8. The summed E-state index contributed by atoms with van der Waals surface area (Å²) in [4.78, 5) is 19.0. The fourth-order valence-electron chi connectivity index (χ4n) is 3.10. The Morgan fingerprint density at radius 1 is 1.27 bits per heavy atom. The van der Waals surface area contributed by atoms with Crippen LogP contribution in [0.4, 0.5) is 17.1 Å². The smallest absolute Gasteiger partial charge is 0.254 e. The highest BCUT2D eigenvalue weighted by Gasteiger charge is 2.26. The molecule has 0 bridgehead atoms. The Balaban J connectivity index is 1.74. The Kier molecular flexibility index (Phi) is 2.49. The standard InChI is InChI=1S/C18H19N7O/c1-19-18(26)12-9-20-8-7-13(12)21-14-6-4-5-11-16-15(22-25(3)23-16)10-24(2)17(11)14/h4-9H,10H2,1-3H3,(H,19,26)(H,20,21)/i1D3,3D3. The molecular weight excluding hydrogens is 330 g/mol. The molecule has 1 aliphatic heterocycles. The fourth-order valence-corrected chi connectivity index (χ4v) is 3.10. The second-order valence-electron chi connectivity index (χ2n) is 5.84. The molecule has 0 saturated carbocycles. The summed E-state index contributed by atoms with van der Waals surface area (Å²) >= 11 is 0. The largest absolute Gasteiger partial charge is 0.366 e. The van der Waals surface area contributed by atoms with Crippen molar-refractivity contribution < 1.29 is 13.0 Å². The number of amides is 1. The zero-order chi connectivity index (χ0) is 23.3. The molecule has 8 nitrogen and oxygen atoms in total. The normalized spacial score (nSPS) is 16.7. The van der Waals surface area contributed by atoms with Gasteiger partial charge in [0.05, 0.1) is 29.2 Å². The van der Waals surface area contributed by atoms with Gasteiger partial charge in [-0.15, -0.1) is 0 Å². The molecule has 0 unspecified atom stereocenters. The van der Waals surface area contributed by atoms with E-state index in [2.05, 4.69) is 20.5 Å². The van der Waals surface area contributed by atoms with Crippen molar-refractivity contribution in [3.05, 3.63) is 47.9 Å². The topological polar surface area (TPSA) is 88.0 Å². The second kappa shape index (κ2) is 6.14. The minimum atomic E-state index is -2.64. The minimum absolute atomic E-state index is 0.0636. The Labute approximate surface area is 159 Å². The number of rotatable bonds is 3. The van der Waals surface area contributed by atoms with Crippen LogP contribution < -0.4 is 15.5 Å². The first-order valence-electron chi connectivity index (χ1n) is 10.8. The molecule has 2 N–H and O–H groups in total. The molecule has 0 radical (unpaired) electrons. The Hall–Kier alpha value is -3.42. The summed E-state index contributed by atoms with van der Waals surface area (Å²) in [6, 6.07) is 6.93. The number of anilines is 3. The van der Waals surface area contributed by atoms with E-state index in [1.165, 1.54) is 12.4 Å². The molecule has 8 heteroatoms. The van der Waals surface area contributed by atoms with Crippen LogP contribution in [0.3, 0.4) is 0 Å². The number of aryl methyl sites for hydroxylation is 1. The van der Waals surface area contributed by atoms with Gasteiger partial charge in [0.15, 0.2) is 0 Å². The number of benzene rings is 1. The third-order valence-electron chi connectivity index (χ3n) is 4.19. The van der Waals surface area contributed by atoms with Crippen molar-refractivity contribution in [2.24, 2.45) is 6.98 Å². The molecule has 0 atom stereocenters. The number of fused-ring (bicyclic) bond motifs is 3. The molecule has 0 fully saturated rings. The van der Waals surface area contributed by atoms with E-state index in [1.807, 2.05) is 23.3 Å². The maximum atomic E-state index is 12.4. The number of hydrogen-bond donors (Lipinski definition) is 2. The molecule has 0 aliphatic carbocycles. The fraction of sp³-hybridized carbons (Fsp3) is 0.222. The third-order valence-corrected chi connectivity index (χ3v) is 4.19. The highest BCUT2D eigenvalue weighted by atomic mass is 16.1. The second-order valence-corrected chi connectivity index (χ2v) is 5.84. The highest BCUT2D eigenvalue weighted by molar-refractivity contribution is 6.01. The van der Waals surface area contributed by atoms with Crippen LogP contribution in [0, 0.1) is 0 Å². The number of pyridine rings is 1. The van der Waals surface area contributed by atoms with Gasteiger partial charge in [0.1, 0.15) is 11.4 Å². The molecule has 3 heterocycles. The van der Waals surface area contributed by atoms with Crippen molar-refractivity contribution in [2.75, 3.05) is 24.2 Å². The van der Waals surface area contributed by atoms with Gasteiger partial charge in [-0.1, -0.05) is 12.1 Å². The maximum Gasteiger partial charge on any atom is 0.254 e. The number of para-hydroxylation sites is 1. The van der Waals surface area contributed by atoms with Crippen LogP contribution in [-0.4, -0.2) is 39.9 Å². The van der Waals surface area contributed by atoms with E-state index in [9.17, 15) is 4.79 Å². The van der Waals surface area contributed by atoms with Crippen molar-refractivity contribution in [1.82, 2.24) is 25.3 Å². The predicted octanol–water partition coefficient (Wildman–Crippen LogP) is 1.93. The Morgan fingerprint density at radius 2 is 2.19 bits per heavy atom. The zero-order valence-electron chi connectivity index (χ0n) is 19.8. The van der Waals surface area contributed by atoms with Crippen LogP contribution in [0.25, 0.3) is 11.3 Å². The van der Waals surface area contributed by atoms with Crippen LogP contribution >= 0.6 is 0 Å². The van der Waals surface area contributed by atoms with Gasteiger partial charge in [0.2, 0.25) is 0 Å². The molecular formula is C18H19N7O. The van der Waals surface area contributed by atoms with Gasteiger partial charge in [-0.05, 0) is 12.1 Å². The molecule has 132 valence electrons. The van der Waals surface area contributed by atoms with Gasteiger partial charge in [-0.3, -0.25) is 9.78 Å². The number of carbonyl (C=O) groups is 1. The van der Waals surface area contributed by atoms with Crippen LogP contribution in [-0.2, 0) is 13.5 Å². The van der Waals surface area contributed by atoms with Gasteiger partial charge >= 0.3 is 0 Å². The van der Waals surface area contributed by atoms with Gasteiger partial charge in [-0.2, -0.15) is 15.0 Å². The Bertz CT molecular complexity index is 1190. The first-order chi connectivity index (χ1) is 14.9. The SMILES string of the molecule is [2H]C([2H])([2H])NC(=O)c1cnccc1Nc1cccc2c1N(C)Cc1nn(C([2H])([2H])[2H])nc1-2. The van der Waals surface area contributed by atoms with E-state index in [4.69, 9.17) is 8.22 Å². The molecule has 1 aliphatic rings. The lowest BCUT2D eigenvalue weighted by molar-refractivity contribution is 0.0963. The summed E-state index contributed by atoms with van der Waals surface area (Å²) in [5.74, 6) is -0.790. The van der Waals surface area contributed by atoms with Gasteiger partial charge in [0, 0.05) is 47.2 Å². The number of nitrogens with one attached hydrogen (secondary N) is 2. The molecule has 0 saturated heterocycles. The van der Waals surface area contributed by atoms with E-state index in [0.717, 1.165) is 10.5 Å². The summed E-state index contributed by atoms with van der Waals surface area (Å²) in [7, 11) is 1.83. The average Bonchev–Trinajstić information content (AvgIpc) is 3.12. The Morgan fingerprint density at radius 3 is 3.04 bits per heavy atom. The first kappa shape index (κ1) is 10.5. The number of hydrogen-bond acceptors (Lipinski definition) is 6. The van der Waals surface area contributed by atoms with Crippen molar-refractivity contribution in [1.29, 1.82) is 0 Å². The lowest BCUT2D eigenvalue weighted by Gasteiger charge is -2.28. The van der Waals surface area contributed by atoms with Gasteiger partial charge in [0.25, 0.3) is 5.91 Å². The van der Waals surface area contributed by atoms with Crippen molar-refractivity contribution >= 4 is 23.0 Å².